The first-order valence-electron chi connectivity index (χ1n) is 5.98. The van der Waals surface area contributed by atoms with Crippen molar-refractivity contribution in [2.75, 3.05) is 6.54 Å². The van der Waals surface area contributed by atoms with E-state index in [9.17, 15) is 8.78 Å². The Balaban J connectivity index is 2.58. The van der Waals surface area contributed by atoms with Gasteiger partial charge in [-0.25, -0.2) is 8.78 Å². The van der Waals surface area contributed by atoms with E-state index in [4.69, 9.17) is 0 Å². The van der Waals surface area contributed by atoms with Crippen molar-refractivity contribution in [1.29, 1.82) is 0 Å². The first-order valence-corrected chi connectivity index (χ1v) is 5.98. The summed E-state index contributed by atoms with van der Waals surface area (Å²) in [6.07, 6.45) is 0.994. The summed E-state index contributed by atoms with van der Waals surface area (Å²) in [6, 6.07) is 4.12. The van der Waals surface area contributed by atoms with Gasteiger partial charge in [-0.3, -0.25) is 0 Å². The molecule has 1 aromatic carbocycles. The van der Waals surface area contributed by atoms with Gasteiger partial charge in [0.1, 0.15) is 0 Å². The maximum Gasteiger partial charge on any atom is 0.163 e. The minimum atomic E-state index is -0.785. The van der Waals surface area contributed by atoms with Gasteiger partial charge in [0.2, 0.25) is 0 Å². The fourth-order valence-corrected chi connectivity index (χ4v) is 1.63. The number of benzene rings is 1. The van der Waals surface area contributed by atoms with E-state index in [1.807, 2.05) is 6.92 Å². The van der Waals surface area contributed by atoms with Crippen molar-refractivity contribution in [3.8, 4) is 0 Å². The predicted octanol–water partition coefficient (Wildman–Crippen LogP) is 4.05. The molecule has 3 heteroatoms. The minimum absolute atomic E-state index is 0.173. The molecule has 0 saturated carbocycles. The zero-order valence-electron chi connectivity index (χ0n) is 11.0. The Labute approximate surface area is 102 Å². The van der Waals surface area contributed by atoms with Crippen molar-refractivity contribution in [3.63, 3.8) is 0 Å². The van der Waals surface area contributed by atoms with Gasteiger partial charge in [0.15, 0.2) is 11.6 Å². The van der Waals surface area contributed by atoms with Crippen molar-refractivity contribution in [2.45, 2.75) is 40.2 Å². The van der Waals surface area contributed by atoms with E-state index in [-0.39, 0.29) is 11.5 Å². The molecule has 0 spiro atoms. The standard InChI is InChI=1S/C14H21F2N/c1-10(17-9-8-14(2,3)4)11-6-5-7-12(15)13(11)16/h5-7,10,17H,8-9H2,1-4H3. The van der Waals surface area contributed by atoms with Gasteiger partial charge in [0, 0.05) is 11.6 Å². The van der Waals surface area contributed by atoms with Gasteiger partial charge in [-0.05, 0) is 31.4 Å². The fraction of sp³-hybridized carbons (Fsp3) is 0.571. The summed E-state index contributed by atoms with van der Waals surface area (Å²) >= 11 is 0. The van der Waals surface area contributed by atoms with Gasteiger partial charge in [0.05, 0.1) is 0 Å². The molecular formula is C14H21F2N. The average Bonchev–Trinajstić information content (AvgIpc) is 2.20. The van der Waals surface area contributed by atoms with Crippen LogP contribution in [0.3, 0.4) is 0 Å². The maximum atomic E-state index is 13.5. The van der Waals surface area contributed by atoms with Crippen molar-refractivity contribution in [1.82, 2.24) is 5.32 Å². The quantitative estimate of drug-likeness (QED) is 0.838. The molecule has 0 aliphatic carbocycles. The van der Waals surface area contributed by atoms with Gasteiger partial charge in [-0.2, -0.15) is 0 Å². The topological polar surface area (TPSA) is 12.0 Å². The average molecular weight is 241 g/mol. The van der Waals surface area contributed by atoms with E-state index < -0.39 is 11.6 Å². The Bertz CT molecular complexity index is 369. The molecule has 0 bridgehead atoms. The van der Waals surface area contributed by atoms with Crippen LogP contribution in [0.25, 0.3) is 0 Å². The van der Waals surface area contributed by atoms with E-state index in [0.29, 0.717) is 5.56 Å². The molecular weight excluding hydrogens is 220 g/mol. The lowest BCUT2D eigenvalue weighted by atomic mass is 9.92. The van der Waals surface area contributed by atoms with Crippen LogP contribution in [0.5, 0.6) is 0 Å². The van der Waals surface area contributed by atoms with Crippen LogP contribution in [-0.2, 0) is 0 Å². The molecule has 0 aliphatic rings. The van der Waals surface area contributed by atoms with Crippen LogP contribution in [0.4, 0.5) is 8.78 Å². The SMILES string of the molecule is CC(NCCC(C)(C)C)c1cccc(F)c1F. The summed E-state index contributed by atoms with van der Waals surface area (Å²) in [4.78, 5) is 0. The van der Waals surface area contributed by atoms with Crippen LogP contribution in [0, 0.1) is 17.0 Å². The molecule has 0 radical (unpaired) electrons. The lowest BCUT2D eigenvalue weighted by Crippen LogP contribution is -2.24. The number of rotatable bonds is 4. The zero-order chi connectivity index (χ0) is 13.1. The highest BCUT2D eigenvalue weighted by Gasteiger charge is 2.15. The molecule has 0 fully saturated rings. The summed E-state index contributed by atoms with van der Waals surface area (Å²) in [5.74, 6) is -1.53. The molecule has 1 atom stereocenters. The molecule has 0 amide bonds. The summed E-state index contributed by atoms with van der Waals surface area (Å²) in [7, 11) is 0. The molecule has 1 unspecified atom stereocenters. The lowest BCUT2D eigenvalue weighted by molar-refractivity contribution is 0.355. The van der Waals surface area contributed by atoms with E-state index in [2.05, 4.69) is 26.1 Å². The van der Waals surface area contributed by atoms with Crippen LogP contribution in [0.15, 0.2) is 18.2 Å². The smallest absolute Gasteiger partial charge is 0.163 e. The van der Waals surface area contributed by atoms with Crippen LogP contribution in [-0.4, -0.2) is 6.54 Å². The first-order chi connectivity index (χ1) is 7.81. The third kappa shape index (κ3) is 4.43. The normalized spacial score (nSPS) is 13.8. The van der Waals surface area contributed by atoms with Crippen molar-refractivity contribution in [3.05, 3.63) is 35.4 Å². The third-order valence-electron chi connectivity index (χ3n) is 2.77. The van der Waals surface area contributed by atoms with Crippen LogP contribution in [0.1, 0.15) is 45.7 Å². The summed E-state index contributed by atoms with van der Waals surface area (Å²) in [6.45, 7) is 9.10. The molecule has 17 heavy (non-hydrogen) atoms. The second kappa shape index (κ2) is 5.58. The van der Waals surface area contributed by atoms with Crippen LogP contribution < -0.4 is 5.32 Å². The summed E-state index contributed by atoms with van der Waals surface area (Å²) in [5, 5.41) is 3.22. The first kappa shape index (κ1) is 14.1. The molecule has 0 aromatic heterocycles. The number of hydrogen-bond donors (Lipinski definition) is 1. The Morgan fingerprint density at radius 1 is 1.24 bits per heavy atom. The van der Waals surface area contributed by atoms with E-state index in [1.54, 1.807) is 6.07 Å². The number of hydrogen-bond acceptors (Lipinski definition) is 1. The summed E-state index contributed by atoms with van der Waals surface area (Å²) in [5.41, 5.74) is 0.631. The van der Waals surface area contributed by atoms with Crippen LogP contribution in [0.2, 0.25) is 0 Å². The molecule has 1 aromatic rings. The highest BCUT2D eigenvalue weighted by atomic mass is 19.2. The van der Waals surface area contributed by atoms with Crippen molar-refractivity contribution in [2.24, 2.45) is 5.41 Å². The molecule has 0 heterocycles. The summed E-state index contributed by atoms with van der Waals surface area (Å²) < 4.78 is 26.5. The Hall–Kier alpha value is -0.960. The highest BCUT2D eigenvalue weighted by molar-refractivity contribution is 5.21. The largest absolute Gasteiger partial charge is 0.310 e. The van der Waals surface area contributed by atoms with Gasteiger partial charge in [-0.1, -0.05) is 32.9 Å². The van der Waals surface area contributed by atoms with Crippen molar-refractivity contribution < 1.29 is 8.78 Å². The molecule has 1 N–H and O–H groups in total. The zero-order valence-corrected chi connectivity index (χ0v) is 11.0. The monoisotopic (exact) mass is 241 g/mol. The van der Waals surface area contributed by atoms with Gasteiger partial charge >= 0.3 is 0 Å². The molecule has 0 aliphatic heterocycles. The van der Waals surface area contributed by atoms with Gasteiger partial charge in [0.25, 0.3) is 0 Å². The van der Waals surface area contributed by atoms with E-state index >= 15 is 0 Å². The molecule has 96 valence electrons. The molecule has 1 rings (SSSR count). The Morgan fingerprint density at radius 2 is 1.88 bits per heavy atom. The second-order valence-corrected chi connectivity index (χ2v) is 5.63. The maximum absolute atomic E-state index is 13.5. The Morgan fingerprint density at radius 3 is 2.47 bits per heavy atom. The molecule has 1 nitrogen and oxygen atoms in total. The third-order valence-corrected chi connectivity index (χ3v) is 2.77. The van der Waals surface area contributed by atoms with E-state index in [1.165, 1.54) is 6.07 Å². The number of halogens is 2. The van der Waals surface area contributed by atoms with Gasteiger partial charge < -0.3 is 5.32 Å². The van der Waals surface area contributed by atoms with E-state index in [0.717, 1.165) is 19.0 Å². The van der Waals surface area contributed by atoms with Crippen LogP contribution >= 0.6 is 0 Å². The van der Waals surface area contributed by atoms with Crippen molar-refractivity contribution >= 4 is 0 Å². The number of nitrogens with one attached hydrogen (secondary N) is 1. The lowest BCUT2D eigenvalue weighted by Gasteiger charge is -2.21. The predicted molar refractivity (Wildman–Crippen MR) is 66.8 cm³/mol. The second-order valence-electron chi connectivity index (χ2n) is 5.63. The Kier molecular flexibility index (Phi) is 4.63. The van der Waals surface area contributed by atoms with Gasteiger partial charge in [-0.15, -0.1) is 0 Å². The fourth-order valence-electron chi connectivity index (χ4n) is 1.63. The molecule has 0 saturated heterocycles. The minimum Gasteiger partial charge on any atom is -0.310 e. The highest BCUT2D eigenvalue weighted by Crippen LogP contribution is 2.21.